The minimum atomic E-state index is -3.01. The van der Waals surface area contributed by atoms with Crippen molar-refractivity contribution in [1.29, 1.82) is 0 Å². The molecule has 4 heteroatoms. The van der Waals surface area contributed by atoms with Crippen LogP contribution in [0.2, 0.25) is 0 Å². The third-order valence-corrected chi connectivity index (χ3v) is 5.76. The number of ether oxygens (including phenoxy) is 1. The predicted molar refractivity (Wildman–Crippen MR) is 75.4 cm³/mol. The molecule has 1 atom stereocenters. The molecule has 3 nitrogen and oxygen atoms in total. The SMILES string of the molecule is O=[P@]1(c2ccccc2)OCCOCc2ccccc21. The van der Waals surface area contributed by atoms with Crippen LogP contribution < -0.4 is 10.6 Å². The quantitative estimate of drug-likeness (QED) is 0.749. The van der Waals surface area contributed by atoms with Crippen molar-refractivity contribution in [3.05, 3.63) is 60.2 Å². The highest BCUT2D eigenvalue weighted by molar-refractivity contribution is 7.74. The summed E-state index contributed by atoms with van der Waals surface area (Å²) >= 11 is 0. The third-order valence-electron chi connectivity index (χ3n) is 3.16. The summed E-state index contributed by atoms with van der Waals surface area (Å²) in [5.41, 5.74) is 0.939. The molecule has 1 aliphatic rings. The molecule has 0 aliphatic carbocycles. The highest BCUT2D eigenvalue weighted by atomic mass is 31.2. The van der Waals surface area contributed by atoms with Crippen LogP contribution in [0, 0.1) is 0 Å². The second-order valence-electron chi connectivity index (χ2n) is 4.40. The molecule has 0 N–H and O–H groups in total. The molecule has 0 aromatic heterocycles. The smallest absolute Gasteiger partial charge is 0.261 e. The minimum absolute atomic E-state index is 0.348. The van der Waals surface area contributed by atoms with Crippen molar-refractivity contribution in [2.45, 2.75) is 6.61 Å². The van der Waals surface area contributed by atoms with Crippen LogP contribution in [0.1, 0.15) is 5.56 Å². The van der Waals surface area contributed by atoms with Gasteiger partial charge in [0.2, 0.25) is 0 Å². The zero-order valence-electron chi connectivity index (χ0n) is 10.5. The van der Waals surface area contributed by atoms with Crippen molar-refractivity contribution >= 4 is 18.0 Å². The first kappa shape index (κ1) is 12.6. The Hall–Kier alpha value is -1.41. The molecule has 2 aromatic rings. The van der Waals surface area contributed by atoms with Crippen molar-refractivity contribution in [2.75, 3.05) is 13.2 Å². The van der Waals surface area contributed by atoms with Crippen LogP contribution in [0.15, 0.2) is 54.6 Å². The Morgan fingerprint density at radius 1 is 0.895 bits per heavy atom. The Morgan fingerprint density at radius 2 is 1.63 bits per heavy atom. The predicted octanol–water partition coefficient (Wildman–Crippen LogP) is 2.46. The van der Waals surface area contributed by atoms with E-state index in [0.717, 1.165) is 16.2 Å². The summed E-state index contributed by atoms with van der Waals surface area (Å²) in [4.78, 5) is 0. The maximum atomic E-state index is 13.4. The van der Waals surface area contributed by atoms with E-state index < -0.39 is 7.37 Å². The van der Waals surface area contributed by atoms with Crippen LogP contribution in [-0.2, 0) is 20.4 Å². The lowest BCUT2D eigenvalue weighted by Gasteiger charge is -2.24. The number of rotatable bonds is 1. The van der Waals surface area contributed by atoms with Gasteiger partial charge in [-0.1, -0.05) is 36.4 Å². The second-order valence-corrected chi connectivity index (χ2v) is 6.76. The zero-order valence-corrected chi connectivity index (χ0v) is 11.4. The topological polar surface area (TPSA) is 35.5 Å². The van der Waals surface area contributed by atoms with Crippen LogP contribution in [0.25, 0.3) is 0 Å². The highest BCUT2D eigenvalue weighted by Crippen LogP contribution is 2.46. The molecule has 0 unspecified atom stereocenters. The molecular weight excluding hydrogens is 259 g/mol. The zero-order chi connectivity index (χ0) is 13.1. The molecule has 2 aromatic carbocycles. The summed E-state index contributed by atoms with van der Waals surface area (Å²) in [6, 6.07) is 17.0. The van der Waals surface area contributed by atoms with Gasteiger partial charge in [0.05, 0.1) is 19.8 Å². The number of fused-ring (bicyclic) bond motifs is 1. The van der Waals surface area contributed by atoms with Gasteiger partial charge in [0.25, 0.3) is 7.37 Å². The average Bonchev–Trinajstić information content (AvgIpc) is 2.46. The molecular formula is C15H15O3P. The van der Waals surface area contributed by atoms with Gasteiger partial charge in [0.15, 0.2) is 0 Å². The van der Waals surface area contributed by atoms with Crippen molar-refractivity contribution in [3.8, 4) is 0 Å². The largest absolute Gasteiger partial charge is 0.374 e. The standard InChI is InChI=1S/C15H15O3P/c16-19(14-7-2-1-3-8-14)15-9-5-4-6-13(15)12-17-10-11-18-19/h1-9H,10-12H2/t19-/m1/s1. The normalized spacial score (nSPS) is 23.2. The number of hydrogen-bond acceptors (Lipinski definition) is 3. The van der Waals surface area contributed by atoms with E-state index in [1.807, 2.05) is 54.6 Å². The van der Waals surface area contributed by atoms with E-state index in [4.69, 9.17) is 9.26 Å². The monoisotopic (exact) mass is 274 g/mol. The van der Waals surface area contributed by atoms with E-state index in [0.29, 0.717) is 19.8 Å². The lowest BCUT2D eigenvalue weighted by molar-refractivity contribution is 0.0884. The van der Waals surface area contributed by atoms with E-state index in [-0.39, 0.29) is 0 Å². The Bertz CT molecular complexity index is 610. The summed E-state index contributed by atoms with van der Waals surface area (Å²) in [5, 5.41) is 1.49. The molecule has 0 saturated carbocycles. The van der Waals surface area contributed by atoms with Gasteiger partial charge in [-0.05, 0) is 23.8 Å². The summed E-state index contributed by atoms with van der Waals surface area (Å²) in [6.45, 7) is 1.29. The Kier molecular flexibility index (Phi) is 3.52. The van der Waals surface area contributed by atoms with Crippen LogP contribution in [0.5, 0.6) is 0 Å². The Balaban J connectivity index is 2.17. The van der Waals surface area contributed by atoms with Crippen molar-refractivity contribution in [1.82, 2.24) is 0 Å². The molecule has 1 aliphatic heterocycles. The molecule has 19 heavy (non-hydrogen) atoms. The van der Waals surface area contributed by atoms with Crippen LogP contribution in [-0.4, -0.2) is 13.2 Å². The first-order valence-electron chi connectivity index (χ1n) is 6.27. The summed E-state index contributed by atoms with van der Waals surface area (Å²) in [5.74, 6) is 0. The highest BCUT2D eigenvalue weighted by Gasteiger charge is 2.31. The van der Waals surface area contributed by atoms with E-state index in [9.17, 15) is 4.57 Å². The molecule has 1 heterocycles. The van der Waals surface area contributed by atoms with Crippen molar-refractivity contribution < 1.29 is 13.8 Å². The molecule has 3 rings (SSSR count). The fourth-order valence-corrected chi connectivity index (χ4v) is 4.50. The van der Waals surface area contributed by atoms with Gasteiger partial charge in [-0.3, -0.25) is 4.57 Å². The first-order valence-corrected chi connectivity index (χ1v) is 7.89. The second kappa shape index (κ2) is 5.30. The van der Waals surface area contributed by atoms with Gasteiger partial charge in [-0.2, -0.15) is 0 Å². The fraction of sp³-hybridized carbons (Fsp3) is 0.200. The first-order chi connectivity index (χ1) is 9.31. The number of hydrogen-bond donors (Lipinski definition) is 0. The van der Waals surface area contributed by atoms with E-state index >= 15 is 0 Å². The minimum Gasteiger partial charge on any atom is -0.374 e. The van der Waals surface area contributed by atoms with Gasteiger partial charge < -0.3 is 9.26 Å². The van der Waals surface area contributed by atoms with Gasteiger partial charge in [0, 0.05) is 10.6 Å². The van der Waals surface area contributed by atoms with Crippen LogP contribution in [0.4, 0.5) is 0 Å². The maximum Gasteiger partial charge on any atom is 0.261 e. The molecule has 98 valence electrons. The molecule has 0 radical (unpaired) electrons. The van der Waals surface area contributed by atoms with E-state index in [2.05, 4.69) is 0 Å². The molecule has 0 saturated heterocycles. The van der Waals surface area contributed by atoms with Crippen molar-refractivity contribution in [3.63, 3.8) is 0 Å². The lowest BCUT2D eigenvalue weighted by Crippen LogP contribution is -2.25. The Morgan fingerprint density at radius 3 is 2.47 bits per heavy atom. The van der Waals surface area contributed by atoms with Gasteiger partial charge in [-0.15, -0.1) is 0 Å². The molecule has 0 bridgehead atoms. The summed E-state index contributed by atoms with van der Waals surface area (Å²) in [7, 11) is -3.01. The fourth-order valence-electron chi connectivity index (χ4n) is 2.23. The van der Waals surface area contributed by atoms with Crippen LogP contribution >= 0.6 is 7.37 Å². The van der Waals surface area contributed by atoms with Gasteiger partial charge >= 0.3 is 0 Å². The summed E-state index contributed by atoms with van der Waals surface area (Å²) in [6.07, 6.45) is 0. The third kappa shape index (κ3) is 2.37. The summed E-state index contributed by atoms with van der Waals surface area (Å²) < 4.78 is 24.5. The molecule has 0 amide bonds. The van der Waals surface area contributed by atoms with Crippen molar-refractivity contribution in [2.24, 2.45) is 0 Å². The van der Waals surface area contributed by atoms with E-state index in [1.54, 1.807) is 0 Å². The van der Waals surface area contributed by atoms with Gasteiger partial charge in [0.1, 0.15) is 0 Å². The molecule has 0 fully saturated rings. The van der Waals surface area contributed by atoms with Crippen LogP contribution in [0.3, 0.4) is 0 Å². The molecule has 0 spiro atoms. The van der Waals surface area contributed by atoms with Gasteiger partial charge in [-0.25, -0.2) is 0 Å². The average molecular weight is 274 g/mol. The van der Waals surface area contributed by atoms with E-state index in [1.165, 1.54) is 0 Å². The number of benzene rings is 2. The lowest BCUT2D eigenvalue weighted by atomic mass is 10.2. The Labute approximate surface area is 112 Å². The maximum absolute atomic E-state index is 13.4.